The molecule has 0 amide bonds. The van der Waals surface area contributed by atoms with E-state index in [2.05, 4.69) is 26.9 Å². The van der Waals surface area contributed by atoms with E-state index in [-0.39, 0.29) is 0 Å². The topological polar surface area (TPSA) is 91.1 Å². The number of methoxy groups -OCH3 is 2. The van der Waals surface area contributed by atoms with Gasteiger partial charge in [0.1, 0.15) is 17.3 Å². The van der Waals surface area contributed by atoms with Gasteiger partial charge in [0.15, 0.2) is 0 Å². The molecule has 0 bridgehead atoms. The number of fused-ring (bicyclic) bond motifs is 1. The number of anilines is 2. The second kappa shape index (κ2) is 9.99. The van der Waals surface area contributed by atoms with Gasteiger partial charge in [-0.1, -0.05) is 6.92 Å². The zero-order valence-electron chi connectivity index (χ0n) is 20.7. The highest BCUT2D eigenvalue weighted by Gasteiger charge is 2.16. The summed E-state index contributed by atoms with van der Waals surface area (Å²) >= 11 is 0. The van der Waals surface area contributed by atoms with Gasteiger partial charge in [0.05, 0.1) is 49.9 Å². The number of hydrogen-bond donors (Lipinski definition) is 0. The highest BCUT2D eigenvalue weighted by atomic mass is 16.5. The van der Waals surface area contributed by atoms with Gasteiger partial charge in [-0.05, 0) is 30.7 Å². The normalized spacial score (nSPS) is 11.0. The molecule has 9 nitrogen and oxygen atoms in total. The number of benzene rings is 2. The Bertz CT molecular complexity index is 1490. The molecule has 0 saturated carbocycles. The molecule has 0 aliphatic rings. The van der Waals surface area contributed by atoms with Crippen molar-refractivity contribution < 1.29 is 9.47 Å². The molecule has 9 heteroatoms. The first-order chi connectivity index (χ1) is 17.6. The fourth-order valence-corrected chi connectivity index (χ4v) is 4.00. The third kappa shape index (κ3) is 4.81. The summed E-state index contributed by atoms with van der Waals surface area (Å²) in [5.74, 6) is 2.10. The Morgan fingerprint density at radius 3 is 2.36 bits per heavy atom. The molecule has 3 aromatic heterocycles. The van der Waals surface area contributed by atoms with Gasteiger partial charge in [-0.2, -0.15) is 5.10 Å². The van der Waals surface area contributed by atoms with Crippen LogP contribution < -0.4 is 14.4 Å². The van der Waals surface area contributed by atoms with Gasteiger partial charge >= 0.3 is 0 Å². The van der Waals surface area contributed by atoms with E-state index in [9.17, 15) is 0 Å². The second-order valence-electron chi connectivity index (χ2n) is 8.31. The van der Waals surface area contributed by atoms with Crippen LogP contribution in [0.1, 0.15) is 18.4 Å². The van der Waals surface area contributed by atoms with Crippen LogP contribution in [0.15, 0.2) is 67.3 Å². The van der Waals surface area contributed by atoms with Crippen molar-refractivity contribution in [1.82, 2.24) is 29.7 Å². The van der Waals surface area contributed by atoms with Crippen LogP contribution >= 0.6 is 0 Å². The molecule has 5 rings (SSSR count). The number of rotatable bonds is 8. The van der Waals surface area contributed by atoms with Crippen molar-refractivity contribution in [2.24, 2.45) is 7.05 Å². The minimum absolute atomic E-state index is 0.450. The quantitative estimate of drug-likeness (QED) is 0.314. The van der Waals surface area contributed by atoms with Crippen LogP contribution in [0.2, 0.25) is 0 Å². The van der Waals surface area contributed by atoms with E-state index in [0.29, 0.717) is 23.9 Å². The van der Waals surface area contributed by atoms with Crippen LogP contribution in [0.3, 0.4) is 0 Å². The first-order valence-electron chi connectivity index (χ1n) is 11.6. The summed E-state index contributed by atoms with van der Waals surface area (Å²) in [5.41, 5.74) is 6.05. The number of aryl methyl sites for hydroxylation is 2. The van der Waals surface area contributed by atoms with Gasteiger partial charge < -0.3 is 14.4 Å². The minimum Gasteiger partial charge on any atom is -0.497 e. The van der Waals surface area contributed by atoms with Gasteiger partial charge in [-0.15, -0.1) is 0 Å². The minimum atomic E-state index is 0.450. The summed E-state index contributed by atoms with van der Waals surface area (Å²) in [6.07, 6.45) is 8.12. The van der Waals surface area contributed by atoms with Gasteiger partial charge in [-0.3, -0.25) is 9.67 Å². The van der Waals surface area contributed by atoms with Crippen LogP contribution in [-0.2, 0) is 20.0 Å². The Morgan fingerprint density at radius 1 is 0.861 bits per heavy atom. The first-order valence-corrected chi connectivity index (χ1v) is 11.6. The summed E-state index contributed by atoms with van der Waals surface area (Å²) < 4.78 is 12.8. The third-order valence-corrected chi connectivity index (χ3v) is 5.91. The zero-order chi connectivity index (χ0) is 25.1. The van der Waals surface area contributed by atoms with Crippen LogP contribution in [0.25, 0.3) is 22.3 Å². The zero-order valence-corrected chi connectivity index (χ0v) is 20.7. The Labute approximate surface area is 209 Å². The Kier molecular flexibility index (Phi) is 6.44. The maximum atomic E-state index is 5.54. The molecule has 5 aromatic rings. The lowest BCUT2D eigenvalue weighted by molar-refractivity contribution is 0.394. The molecule has 0 aliphatic heterocycles. The van der Waals surface area contributed by atoms with Crippen molar-refractivity contribution in [1.29, 1.82) is 0 Å². The fourth-order valence-electron chi connectivity index (χ4n) is 4.00. The van der Waals surface area contributed by atoms with Gasteiger partial charge in [0.25, 0.3) is 0 Å². The van der Waals surface area contributed by atoms with E-state index >= 15 is 0 Å². The lowest BCUT2D eigenvalue weighted by Crippen LogP contribution is -2.19. The van der Waals surface area contributed by atoms with Crippen molar-refractivity contribution in [2.75, 3.05) is 19.1 Å². The molecule has 0 atom stereocenters. The molecule has 0 aliphatic carbocycles. The molecule has 0 saturated heterocycles. The molecular formula is C27H27N7O2. The fraction of sp³-hybridized carbons (Fsp3) is 0.222. The van der Waals surface area contributed by atoms with E-state index in [4.69, 9.17) is 19.4 Å². The van der Waals surface area contributed by atoms with Crippen LogP contribution in [0.5, 0.6) is 11.5 Å². The summed E-state index contributed by atoms with van der Waals surface area (Å²) in [5, 5.41) is 4.26. The number of nitrogens with zero attached hydrogens (tertiary/aromatic N) is 7. The highest BCUT2D eigenvalue weighted by molar-refractivity contribution is 5.82. The maximum absolute atomic E-state index is 5.54. The number of hydrogen-bond acceptors (Lipinski definition) is 8. The van der Waals surface area contributed by atoms with E-state index in [1.165, 1.54) is 0 Å². The Morgan fingerprint density at radius 2 is 1.67 bits per heavy atom. The van der Waals surface area contributed by atoms with Crippen molar-refractivity contribution in [3.05, 3.63) is 78.8 Å². The largest absolute Gasteiger partial charge is 0.497 e. The van der Waals surface area contributed by atoms with Crippen LogP contribution in [0, 0.1) is 0 Å². The molecule has 3 heterocycles. The SMILES string of the molecule is CCc1ccnc(CN(c2cc(OC)cc(OC)c2)c2ccc3ncc(-c4cnn(C)c4)nc3c2)n1. The lowest BCUT2D eigenvalue weighted by atomic mass is 10.2. The lowest BCUT2D eigenvalue weighted by Gasteiger charge is -2.25. The predicted molar refractivity (Wildman–Crippen MR) is 139 cm³/mol. The number of ether oxygens (including phenoxy) is 2. The van der Waals surface area contributed by atoms with Crippen molar-refractivity contribution in [3.8, 4) is 22.8 Å². The number of aromatic nitrogens is 6. The molecular weight excluding hydrogens is 454 g/mol. The van der Waals surface area contributed by atoms with Gasteiger partial charge in [0, 0.05) is 60.3 Å². The summed E-state index contributed by atoms with van der Waals surface area (Å²) in [4.78, 5) is 20.9. The van der Waals surface area contributed by atoms with E-state index < -0.39 is 0 Å². The molecule has 0 spiro atoms. The van der Waals surface area contributed by atoms with Crippen molar-refractivity contribution >= 4 is 22.4 Å². The molecule has 0 fully saturated rings. The van der Waals surface area contributed by atoms with E-state index in [1.807, 2.05) is 55.7 Å². The molecule has 0 N–H and O–H groups in total. The Balaban J connectivity index is 1.62. The first kappa shape index (κ1) is 23.2. The Hall–Kier alpha value is -4.53. The maximum Gasteiger partial charge on any atom is 0.148 e. The molecule has 0 radical (unpaired) electrons. The summed E-state index contributed by atoms with van der Waals surface area (Å²) in [7, 11) is 5.16. The summed E-state index contributed by atoms with van der Waals surface area (Å²) in [6, 6.07) is 13.7. The molecule has 182 valence electrons. The van der Waals surface area contributed by atoms with Gasteiger partial charge in [0.2, 0.25) is 0 Å². The molecule has 0 unspecified atom stereocenters. The van der Waals surface area contributed by atoms with Crippen molar-refractivity contribution in [3.63, 3.8) is 0 Å². The average molecular weight is 482 g/mol. The average Bonchev–Trinajstić information content (AvgIpc) is 3.37. The van der Waals surface area contributed by atoms with Crippen LogP contribution in [-0.4, -0.2) is 43.9 Å². The third-order valence-electron chi connectivity index (χ3n) is 5.91. The van der Waals surface area contributed by atoms with Crippen LogP contribution in [0.4, 0.5) is 11.4 Å². The summed E-state index contributed by atoms with van der Waals surface area (Å²) in [6.45, 7) is 2.53. The van der Waals surface area contributed by atoms with Gasteiger partial charge in [-0.25, -0.2) is 15.0 Å². The second-order valence-corrected chi connectivity index (χ2v) is 8.31. The molecule has 36 heavy (non-hydrogen) atoms. The smallest absolute Gasteiger partial charge is 0.148 e. The molecule has 2 aromatic carbocycles. The standard InChI is InChI=1S/C27H27N7O2/c1-5-19-8-9-28-27(31-19)17-34(21-10-22(35-3)13-23(11-21)36-4)20-6-7-24-25(12-20)32-26(15-29-24)18-14-30-33(2)16-18/h6-16H,5,17H2,1-4H3. The van der Waals surface area contributed by atoms with Crippen molar-refractivity contribution in [2.45, 2.75) is 19.9 Å². The van der Waals surface area contributed by atoms with E-state index in [1.54, 1.807) is 37.5 Å². The predicted octanol–water partition coefficient (Wildman–Crippen LogP) is 4.74. The highest BCUT2D eigenvalue weighted by Crippen LogP contribution is 2.35. The monoisotopic (exact) mass is 481 g/mol. The van der Waals surface area contributed by atoms with E-state index in [0.717, 1.165) is 45.8 Å².